The van der Waals surface area contributed by atoms with Crippen molar-refractivity contribution in [3.05, 3.63) is 54.9 Å². The lowest BCUT2D eigenvalue weighted by molar-refractivity contribution is 0.416. The molecule has 0 aliphatic rings. The highest BCUT2D eigenvalue weighted by Crippen LogP contribution is 2.30. The van der Waals surface area contributed by atoms with Crippen LogP contribution in [0.2, 0.25) is 0 Å². The lowest BCUT2D eigenvalue weighted by Gasteiger charge is -2.04. The van der Waals surface area contributed by atoms with E-state index in [1.54, 1.807) is 19.4 Å². The van der Waals surface area contributed by atoms with Crippen LogP contribution in [-0.4, -0.2) is 22.3 Å². The maximum absolute atomic E-state index is 5.35. The fraction of sp³-hybridized carbons (Fsp3) is 0.0667. The quantitative estimate of drug-likeness (QED) is 0.777. The molecule has 3 rings (SSSR count). The SMILES string of the molecule is COc1ccccc1-c1cc(-c2cc[c]nc2)n[nH]1. The van der Waals surface area contributed by atoms with Gasteiger partial charge in [0.25, 0.3) is 0 Å². The molecule has 2 aromatic heterocycles. The van der Waals surface area contributed by atoms with Crippen LogP contribution in [0.1, 0.15) is 0 Å². The maximum Gasteiger partial charge on any atom is 0.128 e. The molecular weight excluding hydrogens is 238 g/mol. The van der Waals surface area contributed by atoms with Gasteiger partial charge in [-0.25, -0.2) is 0 Å². The van der Waals surface area contributed by atoms with E-state index in [1.807, 2.05) is 36.4 Å². The van der Waals surface area contributed by atoms with Crippen LogP contribution in [-0.2, 0) is 0 Å². The van der Waals surface area contributed by atoms with Gasteiger partial charge in [0.05, 0.1) is 24.7 Å². The van der Waals surface area contributed by atoms with Gasteiger partial charge < -0.3 is 4.74 Å². The molecule has 1 aromatic carbocycles. The Kier molecular flexibility index (Phi) is 2.98. The van der Waals surface area contributed by atoms with E-state index < -0.39 is 0 Å². The first kappa shape index (κ1) is 11.5. The molecule has 4 heteroatoms. The van der Waals surface area contributed by atoms with Crippen LogP contribution < -0.4 is 4.74 Å². The van der Waals surface area contributed by atoms with Crippen LogP contribution in [0.15, 0.2) is 48.7 Å². The van der Waals surface area contributed by atoms with E-state index in [-0.39, 0.29) is 0 Å². The molecule has 93 valence electrons. The predicted octanol–water partition coefficient (Wildman–Crippen LogP) is 2.95. The van der Waals surface area contributed by atoms with Gasteiger partial charge in [-0.3, -0.25) is 10.1 Å². The lowest BCUT2D eigenvalue weighted by atomic mass is 10.1. The van der Waals surface area contributed by atoms with Gasteiger partial charge in [0, 0.05) is 17.3 Å². The van der Waals surface area contributed by atoms with Crippen molar-refractivity contribution in [2.45, 2.75) is 0 Å². The average Bonchev–Trinajstić information content (AvgIpc) is 2.98. The number of H-pyrrole nitrogens is 1. The van der Waals surface area contributed by atoms with E-state index in [9.17, 15) is 0 Å². The molecule has 1 radical (unpaired) electrons. The molecule has 0 unspecified atom stereocenters. The van der Waals surface area contributed by atoms with E-state index in [4.69, 9.17) is 4.74 Å². The maximum atomic E-state index is 5.35. The molecule has 4 nitrogen and oxygen atoms in total. The first-order valence-electron chi connectivity index (χ1n) is 5.90. The Hall–Kier alpha value is -2.62. The molecule has 0 aliphatic carbocycles. The molecule has 19 heavy (non-hydrogen) atoms. The van der Waals surface area contributed by atoms with Crippen LogP contribution in [0, 0.1) is 6.20 Å². The van der Waals surface area contributed by atoms with Crippen molar-refractivity contribution in [2.75, 3.05) is 7.11 Å². The fourth-order valence-electron chi connectivity index (χ4n) is 1.95. The third-order valence-electron chi connectivity index (χ3n) is 2.89. The Balaban J connectivity index is 2.02. The summed E-state index contributed by atoms with van der Waals surface area (Å²) in [6.45, 7) is 0. The minimum atomic E-state index is 0.817. The van der Waals surface area contributed by atoms with Gasteiger partial charge in [-0.1, -0.05) is 12.1 Å². The number of rotatable bonds is 3. The number of methoxy groups -OCH3 is 1. The van der Waals surface area contributed by atoms with Crippen LogP contribution in [0.5, 0.6) is 5.75 Å². The number of ether oxygens (including phenoxy) is 1. The van der Waals surface area contributed by atoms with E-state index in [0.29, 0.717) is 0 Å². The third kappa shape index (κ3) is 2.20. The summed E-state index contributed by atoms with van der Waals surface area (Å²) < 4.78 is 5.35. The summed E-state index contributed by atoms with van der Waals surface area (Å²) in [5, 5.41) is 7.33. The molecule has 0 amide bonds. The van der Waals surface area contributed by atoms with E-state index in [0.717, 1.165) is 28.3 Å². The zero-order valence-corrected chi connectivity index (χ0v) is 10.4. The first-order valence-corrected chi connectivity index (χ1v) is 5.90. The molecule has 0 atom stereocenters. The van der Waals surface area contributed by atoms with Crippen molar-refractivity contribution < 1.29 is 4.74 Å². The molecule has 0 spiro atoms. The molecule has 1 N–H and O–H groups in total. The minimum Gasteiger partial charge on any atom is -0.496 e. The molecular formula is C15H12N3O. The van der Waals surface area contributed by atoms with Gasteiger partial charge in [0.1, 0.15) is 5.75 Å². The topological polar surface area (TPSA) is 50.8 Å². The molecule has 0 bridgehead atoms. The molecule has 0 saturated heterocycles. The highest BCUT2D eigenvalue weighted by molar-refractivity contribution is 5.71. The van der Waals surface area contributed by atoms with Gasteiger partial charge in [-0.15, -0.1) is 0 Å². The standard InChI is InChI=1S/C15H12N3O/c1-19-15-7-3-2-6-12(15)14-9-13(17-18-14)11-5-4-8-16-10-11/h2-7,9-10H,1H3,(H,17,18). The molecule has 3 aromatic rings. The van der Waals surface area contributed by atoms with Crippen molar-refractivity contribution in [1.82, 2.24) is 15.2 Å². The van der Waals surface area contributed by atoms with Crippen molar-refractivity contribution >= 4 is 0 Å². The van der Waals surface area contributed by atoms with E-state index >= 15 is 0 Å². The Morgan fingerprint density at radius 1 is 1.21 bits per heavy atom. The molecule has 0 saturated carbocycles. The predicted molar refractivity (Wildman–Crippen MR) is 72.6 cm³/mol. The van der Waals surface area contributed by atoms with Gasteiger partial charge in [0.2, 0.25) is 0 Å². The van der Waals surface area contributed by atoms with Crippen LogP contribution >= 0.6 is 0 Å². The van der Waals surface area contributed by atoms with E-state index in [2.05, 4.69) is 21.4 Å². The Labute approximate surface area is 111 Å². The Bertz CT molecular complexity index is 677. The number of nitrogens with one attached hydrogen (secondary N) is 1. The van der Waals surface area contributed by atoms with Crippen LogP contribution in [0.3, 0.4) is 0 Å². The highest BCUT2D eigenvalue weighted by atomic mass is 16.5. The smallest absolute Gasteiger partial charge is 0.128 e. The average molecular weight is 250 g/mol. The number of aromatic nitrogens is 3. The number of nitrogens with zero attached hydrogens (tertiary/aromatic N) is 2. The zero-order valence-electron chi connectivity index (χ0n) is 10.4. The number of hydrogen-bond donors (Lipinski definition) is 1. The first-order chi connectivity index (χ1) is 9.38. The number of hydrogen-bond acceptors (Lipinski definition) is 3. The summed E-state index contributed by atoms with van der Waals surface area (Å²) in [6.07, 6.45) is 4.49. The van der Waals surface area contributed by atoms with Crippen molar-refractivity contribution in [1.29, 1.82) is 0 Å². The second-order valence-electron chi connectivity index (χ2n) is 4.04. The second kappa shape index (κ2) is 4.94. The summed E-state index contributed by atoms with van der Waals surface area (Å²) in [6, 6.07) is 13.5. The number of pyridine rings is 1. The zero-order chi connectivity index (χ0) is 13.1. The summed E-state index contributed by atoms with van der Waals surface area (Å²) in [5.41, 5.74) is 3.71. The number of benzene rings is 1. The normalized spacial score (nSPS) is 10.4. The summed E-state index contributed by atoms with van der Waals surface area (Å²) in [4.78, 5) is 3.97. The highest BCUT2D eigenvalue weighted by Gasteiger charge is 2.09. The Morgan fingerprint density at radius 2 is 2.11 bits per heavy atom. The van der Waals surface area contributed by atoms with Crippen LogP contribution in [0.25, 0.3) is 22.5 Å². The van der Waals surface area contributed by atoms with Gasteiger partial charge in [-0.2, -0.15) is 5.10 Å². The monoisotopic (exact) mass is 250 g/mol. The number of para-hydroxylation sites is 1. The van der Waals surface area contributed by atoms with E-state index in [1.165, 1.54) is 0 Å². The summed E-state index contributed by atoms with van der Waals surface area (Å²) >= 11 is 0. The minimum absolute atomic E-state index is 0.817. The second-order valence-corrected chi connectivity index (χ2v) is 4.04. The Morgan fingerprint density at radius 3 is 2.89 bits per heavy atom. The molecule has 0 fully saturated rings. The summed E-state index contributed by atoms with van der Waals surface area (Å²) in [5.74, 6) is 0.817. The number of aromatic amines is 1. The van der Waals surface area contributed by atoms with Crippen molar-refractivity contribution in [2.24, 2.45) is 0 Å². The van der Waals surface area contributed by atoms with Gasteiger partial charge in [0.15, 0.2) is 0 Å². The molecule has 2 heterocycles. The third-order valence-corrected chi connectivity index (χ3v) is 2.89. The van der Waals surface area contributed by atoms with Gasteiger partial charge >= 0.3 is 0 Å². The van der Waals surface area contributed by atoms with Crippen LogP contribution in [0.4, 0.5) is 0 Å². The molecule has 0 aliphatic heterocycles. The lowest BCUT2D eigenvalue weighted by Crippen LogP contribution is -1.87. The summed E-state index contributed by atoms with van der Waals surface area (Å²) in [7, 11) is 1.66. The largest absolute Gasteiger partial charge is 0.496 e. The fourth-order valence-corrected chi connectivity index (χ4v) is 1.95. The van der Waals surface area contributed by atoms with Gasteiger partial charge in [-0.05, 0) is 30.3 Å². The van der Waals surface area contributed by atoms with Crippen molar-refractivity contribution in [3.8, 4) is 28.3 Å². The van der Waals surface area contributed by atoms with Crippen molar-refractivity contribution in [3.63, 3.8) is 0 Å².